The summed E-state index contributed by atoms with van der Waals surface area (Å²) >= 11 is 1.22. The Kier molecular flexibility index (Phi) is 5.73. The van der Waals surface area contributed by atoms with E-state index in [0.717, 1.165) is 22.0 Å². The summed E-state index contributed by atoms with van der Waals surface area (Å²) in [4.78, 5) is 28.8. The van der Waals surface area contributed by atoms with Gasteiger partial charge >= 0.3 is 5.97 Å². The molecule has 0 atom stereocenters. The van der Waals surface area contributed by atoms with Gasteiger partial charge in [0.05, 0.1) is 16.2 Å². The number of halogens is 1. The van der Waals surface area contributed by atoms with E-state index in [-0.39, 0.29) is 17.3 Å². The van der Waals surface area contributed by atoms with E-state index in [2.05, 4.69) is 10.3 Å². The van der Waals surface area contributed by atoms with E-state index in [1.807, 2.05) is 47.2 Å². The fourth-order valence-corrected chi connectivity index (χ4v) is 4.61. The van der Waals surface area contributed by atoms with Crippen LogP contribution in [0.3, 0.4) is 0 Å². The average molecular weight is 472 g/mol. The summed E-state index contributed by atoms with van der Waals surface area (Å²) in [5.41, 5.74) is 3.49. The topological polar surface area (TPSA) is 83.7 Å². The maximum Gasteiger partial charge on any atom is 0.335 e. The van der Waals surface area contributed by atoms with Crippen LogP contribution in [0.15, 0.2) is 88.9 Å². The van der Waals surface area contributed by atoms with E-state index in [1.165, 1.54) is 23.9 Å². The standard InChI is InChI=1S/C26H18FN3O3S/c27-19-8-10-20(11-9-19)28-26-29-24(31)23(34-26)13-18-15-30(22-7-2-1-6-21(18)22)14-16-4-3-5-17(12-16)25(32)33/h1-13,15H,14H2,(H,32,33)(H,28,29,31)/b23-13+. The fraction of sp³-hybridized carbons (Fsp3) is 0.0385. The van der Waals surface area contributed by atoms with Gasteiger partial charge in [0.25, 0.3) is 5.91 Å². The number of nitrogens with zero attached hydrogens (tertiary/aromatic N) is 2. The Bertz CT molecular complexity index is 1490. The van der Waals surface area contributed by atoms with Gasteiger partial charge in [0.2, 0.25) is 0 Å². The van der Waals surface area contributed by atoms with E-state index in [1.54, 1.807) is 30.3 Å². The van der Waals surface area contributed by atoms with Crippen LogP contribution in [0.1, 0.15) is 21.5 Å². The van der Waals surface area contributed by atoms with Crippen LogP contribution in [0.2, 0.25) is 0 Å². The first-order chi connectivity index (χ1) is 16.5. The lowest BCUT2D eigenvalue weighted by Gasteiger charge is -2.06. The van der Waals surface area contributed by atoms with Crippen molar-refractivity contribution in [3.8, 4) is 0 Å². The van der Waals surface area contributed by atoms with Crippen molar-refractivity contribution in [2.24, 2.45) is 4.99 Å². The molecule has 168 valence electrons. The number of carboxylic acids is 1. The molecule has 0 aliphatic carbocycles. The number of nitrogens with one attached hydrogen (secondary N) is 1. The Labute approximate surface area is 198 Å². The van der Waals surface area contributed by atoms with Gasteiger partial charge in [-0.25, -0.2) is 14.2 Å². The molecule has 4 aromatic rings. The molecule has 0 radical (unpaired) electrons. The minimum Gasteiger partial charge on any atom is -0.478 e. The second-order valence-corrected chi connectivity index (χ2v) is 8.72. The van der Waals surface area contributed by atoms with Gasteiger partial charge in [-0.15, -0.1) is 0 Å². The molecule has 0 unspecified atom stereocenters. The molecule has 0 saturated carbocycles. The average Bonchev–Trinajstić information content (AvgIpc) is 3.35. The molecule has 8 heteroatoms. The Hall–Kier alpha value is -4.17. The van der Waals surface area contributed by atoms with Crippen LogP contribution in [-0.4, -0.2) is 26.7 Å². The zero-order valence-corrected chi connectivity index (χ0v) is 18.6. The molecule has 2 heterocycles. The maximum absolute atomic E-state index is 13.1. The highest BCUT2D eigenvalue weighted by atomic mass is 32.2. The van der Waals surface area contributed by atoms with Gasteiger partial charge in [0.15, 0.2) is 5.17 Å². The van der Waals surface area contributed by atoms with Crippen molar-refractivity contribution in [1.82, 2.24) is 9.88 Å². The van der Waals surface area contributed by atoms with Crippen LogP contribution < -0.4 is 5.32 Å². The predicted molar refractivity (Wildman–Crippen MR) is 132 cm³/mol. The molecule has 34 heavy (non-hydrogen) atoms. The van der Waals surface area contributed by atoms with Gasteiger partial charge in [-0.1, -0.05) is 30.3 Å². The summed E-state index contributed by atoms with van der Waals surface area (Å²) in [6.45, 7) is 0.488. The molecule has 0 spiro atoms. The van der Waals surface area contributed by atoms with Crippen LogP contribution >= 0.6 is 11.8 Å². The lowest BCUT2D eigenvalue weighted by molar-refractivity contribution is -0.115. The third-order valence-corrected chi connectivity index (χ3v) is 6.25. The molecular weight excluding hydrogens is 453 g/mol. The predicted octanol–water partition coefficient (Wildman–Crippen LogP) is 5.42. The second-order valence-electron chi connectivity index (χ2n) is 7.69. The molecule has 0 bridgehead atoms. The SMILES string of the molecule is O=C1NC(=Nc2ccc(F)cc2)S/C1=C/c1cn(Cc2cccc(C(=O)O)c2)c2ccccc12. The van der Waals surface area contributed by atoms with Crippen molar-refractivity contribution in [3.63, 3.8) is 0 Å². The van der Waals surface area contributed by atoms with Crippen LogP contribution in [-0.2, 0) is 11.3 Å². The molecule has 1 amide bonds. The van der Waals surface area contributed by atoms with Crippen LogP contribution in [0.25, 0.3) is 17.0 Å². The molecule has 6 nitrogen and oxygen atoms in total. The van der Waals surface area contributed by atoms with Crippen molar-refractivity contribution in [1.29, 1.82) is 0 Å². The summed E-state index contributed by atoms with van der Waals surface area (Å²) in [7, 11) is 0. The van der Waals surface area contributed by atoms with Crippen molar-refractivity contribution < 1.29 is 19.1 Å². The third kappa shape index (κ3) is 4.49. The minimum atomic E-state index is -0.966. The summed E-state index contributed by atoms with van der Waals surface area (Å²) in [6, 6.07) is 20.4. The van der Waals surface area contributed by atoms with E-state index in [0.29, 0.717) is 22.3 Å². The van der Waals surface area contributed by atoms with Crippen LogP contribution in [0.4, 0.5) is 10.1 Å². The molecule has 1 aromatic heterocycles. The zero-order chi connectivity index (χ0) is 23.7. The number of benzene rings is 3. The Morgan fingerprint density at radius 3 is 2.68 bits per heavy atom. The van der Waals surface area contributed by atoms with Gasteiger partial charge < -0.3 is 15.0 Å². The molecule has 1 aliphatic heterocycles. The molecule has 1 saturated heterocycles. The number of aliphatic imine (C=N–C) groups is 1. The number of aromatic carboxylic acids is 1. The van der Waals surface area contributed by atoms with Crippen molar-refractivity contribution in [2.45, 2.75) is 6.54 Å². The Morgan fingerprint density at radius 2 is 1.88 bits per heavy atom. The highest BCUT2D eigenvalue weighted by molar-refractivity contribution is 8.18. The lowest BCUT2D eigenvalue weighted by atomic mass is 10.1. The minimum absolute atomic E-state index is 0.239. The van der Waals surface area contributed by atoms with Crippen LogP contribution in [0.5, 0.6) is 0 Å². The molecule has 1 aliphatic rings. The van der Waals surface area contributed by atoms with Gasteiger partial charge in [0, 0.05) is 29.2 Å². The van der Waals surface area contributed by atoms with Gasteiger partial charge in [-0.2, -0.15) is 0 Å². The quantitative estimate of drug-likeness (QED) is 0.381. The van der Waals surface area contributed by atoms with E-state index < -0.39 is 5.97 Å². The number of hydrogen-bond donors (Lipinski definition) is 2. The first kappa shape index (κ1) is 21.7. The largest absolute Gasteiger partial charge is 0.478 e. The highest BCUT2D eigenvalue weighted by Gasteiger charge is 2.24. The summed E-state index contributed by atoms with van der Waals surface area (Å²) in [5, 5.41) is 13.4. The number of thioether (sulfide) groups is 1. The van der Waals surface area contributed by atoms with E-state index >= 15 is 0 Å². The summed E-state index contributed by atoms with van der Waals surface area (Å²) in [5.74, 6) is -1.57. The fourth-order valence-electron chi connectivity index (χ4n) is 3.78. The summed E-state index contributed by atoms with van der Waals surface area (Å²) < 4.78 is 15.2. The summed E-state index contributed by atoms with van der Waals surface area (Å²) in [6.07, 6.45) is 3.77. The van der Waals surface area contributed by atoms with E-state index in [9.17, 15) is 19.1 Å². The molecular formula is C26H18FN3O3S. The number of para-hydroxylation sites is 1. The first-order valence-electron chi connectivity index (χ1n) is 10.4. The number of aromatic nitrogens is 1. The van der Waals surface area contributed by atoms with Crippen molar-refractivity contribution in [3.05, 3.63) is 106 Å². The number of fused-ring (bicyclic) bond motifs is 1. The Balaban J connectivity index is 1.46. The molecule has 1 fully saturated rings. The number of amides is 1. The van der Waals surface area contributed by atoms with Gasteiger partial charge in [0.1, 0.15) is 5.82 Å². The Morgan fingerprint density at radius 1 is 1.09 bits per heavy atom. The number of rotatable bonds is 5. The second kappa shape index (κ2) is 8.99. The maximum atomic E-state index is 13.1. The molecule has 3 aromatic carbocycles. The van der Waals surface area contributed by atoms with E-state index in [4.69, 9.17) is 0 Å². The lowest BCUT2D eigenvalue weighted by Crippen LogP contribution is -2.19. The van der Waals surface area contributed by atoms with Crippen molar-refractivity contribution >= 4 is 51.5 Å². The normalized spacial score (nSPS) is 15.9. The first-order valence-corrected chi connectivity index (χ1v) is 11.2. The molecule has 2 N–H and O–H groups in total. The third-order valence-electron chi connectivity index (χ3n) is 5.34. The zero-order valence-electron chi connectivity index (χ0n) is 17.7. The number of carbonyl (C=O) groups is 2. The highest BCUT2D eigenvalue weighted by Crippen LogP contribution is 2.31. The number of carbonyl (C=O) groups excluding carboxylic acids is 1. The van der Waals surface area contributed by atoms with Gasteiger partial charge in [-0.05, 0) is 65.9 Å². The number of carboxylic acid groups (broad SMARTS) is 1. The number of hydrogen-bond acceptors (Lipinski definition) is 4. The van der Waals surface area contributed by atoms with Crippen LogP contribution in [0, 0.1) is 5.82 Å². The monoisotopic (exact) mass is 471 g/mol. The van der Waals surface area contributed by atoms with Crippen molar-refractivity contribution in [2.75, 3.05) is 0 Å². The number of amidine groups is 1. The smallest absolute Gasteiger partial charge is 0.335 e. The van der Waals surface area contributed by atoms with Gasteiger partial charge in [-0.3, -0.25) is 4.79 Å². The molecule has 5 rings (SSSR count).